The summed E-state index contributed by atoms with van der Waals surface area (Å²) in [6.45, 7) is 6.81. The molecule has 0 heterocycles. The van der Waals surface area contributed by atoms with Crippen LogP contribution >= 0.6 is 0 Å². The zero-order valence-corrected chi connectivity index (χ0v) is 32.0. The van der Waals surface area contributed by atoms with Gasteiger partial charge in [0, 0.05) is 0 Å². The molecule has 4 heteroatoms. The number of hydrogen-bond donors (Lipinski definition) is 1. The molecule has 0 fully saturated rings. The Morgan fingerprint density at radius 3 is 1.07 bits per heavy atom. The van der Waals surface area contributed by atoms with Gasteiger partial charge in [-0.05, 0) is 61.3 Å². The average molecular weight is 663 g/mol. The van der Waals surface area contributed by atoms with Crippen molar-refractivity contribution >= 4 is 10.1 Å². The molecular weight excluding hydrogens is 585 g/mol. The highest BCUT2D eigenvalue weighted by atomic mass is 32.2. The first kappa shape index (κ1) is 43.2. The predicted octanol–water partition coefficient (Wildman–Crippen LogP) is 14.3. The van der Waals surface area contributed by atoms with Crippen molar-refractivity contribution in [2.45, 2.75) is 238 Å². The molecule has 0 atom stereocenters. The van der Waals surface area contributed by atoms with Crippen molar-refractivity contribution in [3.63, 3.8) is 0 Å². The molecule has 46 heavy (non-hydrogen) atoms. The summed E-state index contributed by atoms with van der Waals surface area (Å²) in [6, 6.07) is 4.12. The van der Waals surface area contributed by atoms with Crippen LogP contribution in [-0.2, 0) is 29.4 Å². The summed E-state index contributed by atoms with van der Waals surface area (Å²) >= 11 is 0. The van der Waals surface area contributed by atoms with E-state index in [1.165, 1.54) is 173 Å². The first-order chi connectivity index (χ1) is 22.4. The normalized spacial score (nSPS) is 11.9. The molecule has 0 bridgehead atoms. The average Bonchev–Trinajstić information content (AvgIpc) is 3.03. The lowest BCUT2D eigenvalue weighted by atomic mass is 9.93. The van der Waals surface area contributed by atoms with Crippen LogP contribution in [0.3, 0.4) is 0 Å². The van der Waals surface area contributed by atoms with E-state index in [-0.39, 0.29) is 4.90 Å². The smallest absolute Gasteiger partial charge is 0.282 e. The third kappa shape index (κ3) is 23.5. The summed E-state index contributed by atoms with van der Waals surface area (Å²) in [4.78, 5) is 0.204. The van der Waals surface area contributed by atoms with Crippen molar-refractivity contribution in [3.8, 4) is 0 Å². The lowest BCUT2D eigenvalue weighted by molar-refractivity contribution is 0.481. The summed E-state index contributed by atoms with van der Waals surface area (Å²) in [5, 5.41) is 0. The summed E-state index contributed by atoms with van der Waals surface area (Å²) < 4.78 is 35.7. The molecule has 0 saturated heterocycles. The molecule has 1 rings (SSSR count). The Morgan fingerprint density at radius 1 is 0.413 bits per heavy atom. The van der Waals surface area contributed by atoms with E-state index < -0.39 is 10.1 Å². The maximum atomic E-state index is 12.7. The van der Waals surface area contributed by atoms with Gasteiger partial charge < -0.3 is 0 Å². The van der Waals surface area contributed by atoms with E-state index in [9.17, 15) is 13.0 Å². The number of hydrogen-bond acceptors (Lipinski definition) is 2. The second-order valence-electron chi connectivity index (χ2n) is 14.5. The molecule has 0 unspecified atom stereocenters. The zero-order valence-electron chi connectivity index (χ0n) is 31.2. The van der Waals surface area contributed by atoms with Crippen molar-refractivity contribution in [2.24, 2.45) is 0 Å². The quantitative estimate of drug-likeness (QED) is 0.0590. The molecule has 0 aromatic heterocycles. The molecule has 270 valence electrons. The number of aryl methyl sites for hydroxylation is 2. The predicted molar refractivity (Wildman–Crippen MR) is 203 cm³/mol. The maximum absolute atomic E-state index is 12.7. The lowest BCUT2D eigenvalue weighted by Crippen LogP contribution is -2.09. The van der Waals surface area contributed by atoms with Gasteiger partial charge in [-0.3, -0.25) is 4.55 Å². The van der Waals surface area contributed by atoms with Crippen molar-refractivity contribution in [1.29, 1.82) is 0 Å². The number of rotatable bonds is 34. The summed E-state index contributed by atoms with van der Waals surface area (Å²) in [5.41, 5.74) is 3.19. The van der Waals surface area contributed by atoms with Crippen LogP contribution < -0.4 is 0 Å². The Hall–Kier alpha value is -0.870. The van der Waals surface area contributed by atoms with E-state index in [0.717, 1.165) is 56.1 Å². The minimum absolute atomic E-state index is 0.204. The van der Waals surface area contributed by atoms with Crippen molar-refractivity contribution in [2.75, 3.05) is 0 Å². The molecule has 1 aromatic carbocycles. The maximum Gasteiger partial charge on any atom is 0.294 e. The van der Waals surface area contributed by atoms with Crippen LogP contribution in [0.4, 0.5) is 0 Å². The summed E-state index contributed by atoms with van der Waals surface area (Å²) in [5.74, 6) is 0. The Bertz CT molecular complexity index is 923. The second kappa shape index (κ2) is 30.2. The van der Waals surface area contributed by atoms with Crippen LogP contribution in [0, 0.1) is 0 Å². The highest BCUT2D eigenvalue weighted by Crippen LogP contribution is 2.28. The first-order valence-electron chi connectivity index (χ1n) is 20.6. The van der Waals surface area contributed by atoms with Crippen LogP contribution in [-0.4, -0.2) is 13.0 Å². The van der Waals surface area contributed by atoms with Crippen LogP contribution in [0.25, 0.3) is 0 Å². The lowest BCUT2D eigenvalue weighted by Gasteiger charge is -2.17. The van der Waals surface area contributed by atoms with E-state index in [4.69, 9.17) is 0 Å². The molecule has 0 aliphatic rings. The Labute approximate surface area is 288 Å². The third-order valence-electron chi connectivity index (χ3n) is 10.0. The molecule has 0 aliphatic heterocycles. The molecule has 0 radical (unpaired) electrons. The van der Waals surface area contributed by atoms with Gasteiger partial charge in [-0.1, -0.05) is 200 Å². The summed E-state index contributed by atoms with van der Waals surface area (Å²) in [6.07, 6.45) is 41.3. The van der Waals surface area contributed by atoms with Gasteiger partial charge in [-0.2, -0.15) is 8.42 Å². The van der Waals surface area contributed by atoms with E-state index >= 15 is 0 Å². The van der Waals surface area contributed by atoms with E-state index in [0.29, 0.717) is 0 Å². The number of unbranched alkanes of at least 4 members (excludes halogenated alkanes) is 27. The van der Waals surface area contributed by atoms with Gasteiger partial charge in [0.1, 0.15) is 0 Å². The molecule has 0 amide bonds. The zero-order chi connectivity index (χ0) is 33.6. The minimum atomic E-state index is -4.25. The van der Waals surface area contributed by atoms with E-state index in [2.05, 4.69) is 26.8 Å². The molecular formula is C42H78O3S. The largest absolute Gasteiger partial charge is 0.294 e. The molecule has 1 aromatic rings. The van der Waals surface area contributed by atoms with Crippen LogP contribution in [0.5, 0.6) is 0 Å². The molecule has 0 aliphatic carbocycles. The molecule has 0 spiro atoms. The van der Waals surface area contributed by atoms with Crippen LogP contribution in [0.2, 0.25) is 0 Å². The Morgan fingerprint density at radius 2 is 0.717 bits per heavy atom. The fraction of sp³-hybridized carbons (Fsp3) is 0.857. The van der Waals surface area contributed by atoms with Crippen LogP contribution in [0.15, 0.2) is 17.0 Å². The number of benzene rings is 1. The van der Waals surface area contributed by atoms with E-state index in [1.54, 1.807) is 0 Å². The van der Waals surface area contributed by atoms with Gasteiger partial charge in [-0.15, -0.1) is 0 Å². The van der Waals surface area contributed by atoms with Gasteiger partial charge in [0.2, 0.25) is 0 Å². The standard InChI is InChI=1S/C42H78O3S/c1-4-7-10-13-16-19-22-25-28-31-34-39-37-40(35-32-29-26-23-20-17-14-11-8-5-2)41(42(38-39)46(43,44)45)36-33-30-27-24-21-18-15-12-9-6-3/h37-38H,4-36H2,1-3H3,(H,43,44,45). The van der Waals surface area contributed by atoms with Gasteiger partial charge >= 0.3 is 0 Å². The van der Waals surface area contributed by atoms with Gasteiger partial charge in [0.05, 0.1) is 4.90 Å². The Kier molecular flexibility index (Phi) is 28.3. The SMILES string of the molecule is CCCCCCCCCCCCc1cc(CCCCCCCCCCCC)c(CCCCCCCCCCCC)c(S(=O)(=O)O)c1. The molecule has 0 saturated carbocycles. The molecule has 1 N–H and O–H groups in total. The van der Waals surface area contributed by atoms with Crippen LogP contribution in [0.1, 0.15) is 230 Å². The minimum Gasteiger partial charge on any atom is -0.282 e. The highest BCUT2D eigenvalue weighted by Gasteiger charge is 2.20. The van der Waals surface area contributed by atoms with Gasteiger partial charge in [-0.25, -0.2) is 0 Å². The second-order valence-corrected chi connectivity index (χ2v) is 15.9. The van der Waals surface area contributed by atoms with E-state index in [1.807, 2.05) is 6.07 Å². The third-order valence-corrected chi connectivity index (χ3v) is 11.0. The van der Waals surface area contributed by atoms with Gasteiger partial charge in [0.25, 0.3) is 10.1 Å². The first-order valence-corrected chi connectivity index (χ1v) is 22.0. The van der Waals surface area contributed by atoms with Crippen molar-refractivity contribution in [1.82, 2.24) is 0 Å². The van der Waals surface area contributed by atoms with Gasteiger partial charge in [0.15, 0.2) is 0 Å². The fourth-order valence-electron chi connectivity index (χ4n) is 7.06. The fourth-order valence-corrected chi connectivity index (χ4v) is 7.90. The Balaban J connectivity index is 2.70. The topological polar surface area (TPSA) is 54.4 Å². The van der Waals surface area contributed by atoms with Crippen molar-refractivity contribution in [3.05, 3.63) is 28.8 Å². The summed E-state index contributed by atoms with van der Waals surface area (Å²) in [7, 11) is -4.25. The molecule has 3 nitrogen and oxygen atoms in total. The van der Waals surface area contributed by atoms with Crippen molar-refractivity contribution < 1.29 is 13.0 Å². The highest BCUT2D eigenvalue weighted by molar-refractivity contribution is 7.85. The monoisotopic (exact) mass is 663 g/mol.